The maximum absolute atomic E-state index is 14.0. The lowest BCUT2D eigenvalue weighted by atomic mass is 10.1. The van der Waals surface area contributed by atoms with E-state index in [-0.39, 0.29) is 12.2 Å². The van der Waals surface area contributed by atoms with Crippen LogP contribution in [0, 0.1) is 11.7 Å². The highest BCUT2D eigenvalue weighted by atomic mass is 32.1. The molecule has 0 aliphatic carbocycles. The highest BCUT2D eigenvalue weighted by Crippen LogP contribution is 2.23. The Morgan fingerprint density at radius 2 is 2.00 bits per heavy atom. The van der Waals surface area contributed by atoms with E-state index in [9.17, 15) is 14.0 Å². The molecule has 1 atom stereocenters. The summed E-state index contributed by atoms with van der Waals surface area (Å²) >= 11 is 1.23. The number of rotatable bonds is 5. The maximum atomic E-state index is 14.0. The van der Waals surface area contributed by atoms with Crippen molar-refractivity contribution < 1.29 is 19.1 Å². The number of nitrogens with zero attached hydrogens (tertiary/aromatic N) is 1. The number of amides is 1. The fraction of sp³-hybridized carbons (Fsp3) is 0.200. The lowest BCUT2D eigenvalue weighted by molar-refractivity contribution is -0.140. The van der Waals surface area contributed by atoms with Gasteiger partial charge in [-0.3, -0.25) is 9.59 Å². The molecule has 1 aromatic heterocycles. The number of aliphatic carboxylic acids is 1. The van der Waals surface area contributed by atoms with E-state index >= 15 is 0 Å². The molecule has 2 rings (SSSR count). The van der Waals surface area contributed by atoms with Gasteiger partial charge < -0.3 is 10.0 Å². The van der Waals surface area contributed by atoms with Crippen molar-refractivity contribution in [1.29, 1.82) is 0 Å². The molecule has 4 nitrogen and oxygen atoms in total. The minimum atomic E-state index is -1.03. The Balaban J connectivity index is 2.37. The number of hydrogen-bond donors (Lipinski definition) is 1. The van der Waals surface area contributed by atoms with Crippen molar-refractivity contribution in [2.75, 3.05) is 11.4 Å². The summed E-state index contributed by atoms with van der Waals surface area (Å²) < 4.78 is 14.0. The van der Waals surface area contributed by atoms with Crippen LogP contribution in [0.4, 0.5) is 10.1 Å². The van der Waals surface area contributed by atoms with Gasteiger partial charge in [-0.05, 0) is 23.6 Å². The van der Waals surface area contributed by atoms with E-state index in [1.807, 2.05) is 0 Å². The Kier molecular flexibility index (Phi) is 4.70. The van der Waals surface area contributed by atoms with Crippen LogP contribution in [-0.4, -0.2) is 23.5 Å². The predicted octanol–water partition coefficient (Wildman–Crippen LogP) is 3.25. The number of hydrogen-bond acceptors (Lipinski definition) is 3. The Morgan fingerprint density at radius 1 is 1.29 bits per heavy atom. The normalized spacial score (nSPS) is 11.9. The van der Waals surface area contributed by atoms with Gasteiger partial charge in [0.05, 0.1) is 16.5 Å². The third kappa shape index (κ3) is 3.46. The third-order valence-electron chi connectivity index (χ3n) is 3.00. The first kappa shape index (κ1) is 15.2. The van der Waals surface area contributed by atoms with Crippen LogP contribution in [0.15, 0.2) is 41.8 Å². The molecule has 1 heterocycles. The third-order valence-corrected chi connectivity index (χ3v) is 3.86. The van der Waals surface area contributed by atoms with E-state index in [1.165, 1.54) is 41.4 Å². The van der Waals surface area contributed by atoms with Crippen LogP contribution in [0.25, 0.3) is 0 Å². The van der Waals surface area contributed by atoms with Gasteiger partial charge in [0.15, 0.2) is 0 Å². The molecule has 0 aliphatic rings. The van der Waals surface area contributed by atoms with Crippen molar-refractivity contribution in [2.45, 2.75) is 6.92 Å². The number of carboxylic acids is 1. The predicted molar refractivity (Wildman–Crippen MR) is 79.2 cm³/mol. The number of thiophene rings is 1. The summed E-state index contributed by atoms with van der Waals surface area (Å²) in [5.41, 5.74) is 0.0870. The van der Waals surface area contributed by atoms with Crippen LogP contribution in [0.5, 0.6) is 0 Å². The zero-order valence-corrected chi connectivity index (χ0v) is 12.1. The van der Waals surface area contributed by atoms with Gasteiger partial charge in [0.1, 0.15) is 5.82 Å². The first-order chi connectivity index (χ1) is 10.0. The summed E-state index contributed by atoms with van der Waals surface area (Å²) in [6, 6.07) is 9.20. The molecule has 0 bridgehead atoms. The summed E-state index contributed by atoms with van der Waals surface area (Å²) in [6.07, 6.45) is 0. The summed E-state index contributed by atoms with van der Waals surface area (Å²) in [6.45, 7) is 1.39. The molecule has 1 unspecified atom stereocenters. The van der Waals surface area contributed by atoms with Crippen molar-refractivity contribution in [1.82, 2.24) is 0 Å². The van der Waals surface area contributed by atoms with Gasteiger partial charge in [-0.1, -0.05) is 25.1 Å². The molecule has 0 spiro atoms. The van der Waals surface area contributed by atoms with Crippen LogP contribution in [0.3, 0.4) is 0 Å². The molecule has 6 heteroatoms. The SMILES string of the molecule is CC(CN(C(=O)c1cccs1)c1ccccc1F)C(=O)O. The Morgan fingerprint density at radius 3 is 2.57 bits per heavy atom. The zero-order valence-electron chi connectivity index (χ0n) is 11.3. The van der Waals surface area contributed by atoms with E-state index in [0.717, 1.165) is 0 Å². The zero-order chi connectivity index (χ0) is 15.4. The highest BCUT2D eigenvalue weighted by molar-refractivity contribution is 7.12. The van der Waals surface area contributed by atoms with Gasteiger partial charge in [-0.15, -0.1) is 11.3 Å². The Labute approximate surface area is 125 Å². The first-order valence-electron chi connectivity index (χ1n) is 6.33. The molecule has 0 radical (unpaired) electrons. The Bertz CT molecular complexity index is 642. The van der Waals surface area contributed by atoms with Crippen molar-refractivity contribution in [3.05, 3.63) is 52.5 Å². The van der Waals surface area contributed by atoms with E-state index < -0.39 is 23.6 Å². The van der Waals surface area contributed by atoms with Crippen molar-refractivity contribution in [2.24, 2.45) is 5.92 Å². The quantitative estimate of drug-likeness (QED) is 0.922. The van der Waals surface area contributed by atoms with Gasteiger partial charge in [-0.2, -0.15) is 0 Å². The fourth-order valence-electron chi connectivity index (χ4n) is 1.85. The van der Waals surface area contributed by atoms with E-state index in [1.54, 1.807) is 23.6 Å². The van der Waals surface area contributed by atoms with E-state index in [0.29, 0.717) is 4.88 Å². The van der Waals surface area contributed by atoms with Crippen LogP contribution in [0.2, 0.25) is 0 Å². The topological polar surface area (TPSA) is 57.6 Å². The molecule has 0 fully saturated rings. The van der Waals surface area contributed by atoms with Crippen molar-refractivity contribution in [3.8, 4) is 0 Å². The average molecular weight is 307 g/mol. The minimum absolute atomic E-state index is 0.0870. The standard InChI is InChI=1S/C15H14FNO3S/c1-10(15(19)20)9-17(12-6-3-2-5-11(12)16)14(18)13-7-4-8-21-13/h2-8,10H,9H2,1H3,(H,19,20). The van der Waals surface area contributed by atoms with Crippen molar-refractivity contribution >= 4 is 28.9 Å². The summed E-state index contributed by atoms with van der Waals surface area (Å²) in [7, 11) is 0. The van der Waals surface area contributed by atoms with Gasteiger partial charge in [0.2, 0.25) is 0 Å². The number of para-hydroxylation sites is 1. The molecule has 1 amide bonds. The summed E-state index contributed by atoms with van der Waals surface area (Å²) in [5, 5.41) is 10.8. The smallest absolute Gasteiger partial charge is 0.308 e. The Hall–Kier alpha value is -2.21. The largest absolute Gasteiger partial charge is 0.481 e. The second-order valence-electron chi connectivity index (χ2n) is 4.58. The number of halogens is 1. The molecule has 0 aliphatic heterocycles. The second-order valence-corrected chi connectivity index (χ2v) is 5.53. The first-order valence-corrected chi connectivity index (χ1v) is 7.21. The summed E-state index contributed by atoms with van der Waals surface area (Å²) in [4.78, 5) is 25.1. The number of carbonyl (C=O) groups is 2. The van der Waals surface area contributed by atoms with Crippen LogP contribution < -0.4 is 4.90 Å². The number of carbonyl (C=O) groups excluding carboxylic acids is 1. The van der Waals surface area contributed by atoms with Crippen LogP contribution in [0.1, 0.15) is 16.6 Å². The molecule has 1 aromatic carbocycles. The summed E-state index contributed by atoms with van der Waals surface area (Å²) in [5.74, 6) is -2.79. The minimum Gasteiger partial charge on any atom is -0.481 e. The molecular formula is C15H14FNO3S. The van der Waals surface area contributed by atoms with Crippen molar-refractivity contribution in [3.63, 3.8) is 0 Å². The second kappa shape index (κ2) is 6.49. The lowest BCUT2D eigenvalue weighted by Crippen LogP contribution is -2.37. The fourth-order valence-corrected chi connectivity index (χ4v) is 2.52. The molecule has 110 valence electrons. The molecule has 21 heavy (non-hydrogen) atoms. The lowest BCUT2D eigenvalue weighted by Gasteiger charge is -2.24. The van der Waals surface area contributed by atoms with E-state index in [4.69, 9.17) is 5.11 Å². The van der Waals surface area contributed by atoms with Gasteiger partial charge >= 0.3 is 5.97 Å². The van der Waals surface area contributed by atoms with Gasteiger partial charge in [-0.25, -0.2) is 4.39 Å². The molecule has 2 aromatic rings. The van der Waals surface area contributed by atoms with Gasteiger partial charge in [0.25, 0.3) is 5.91 Å². The molecule has 0 saturated carbocycles. The van der Waals surface area contributed by atoms with Gasteiger partial charge in [0, 0.05) is 6.54 Å². The average Bonchev–Trinajstić information content (AvgIpc) is 2.98. The molecular weight excluding hydrogens is 293 g/mol. The molecule has 1 N–H and O–H groups in total. The number of benzene rings is 1. The van der Waals surface area contributed by atoms with E-state index in [2.05, 4.69) is 0 Å². The number of carboxylic acid groups (broad SMARTS) is 1. The molecule has 0 saturated heterocycles. The maximum Gasteiger partial charge on any atom is 0.308 e. The highest BCUT2D eigenvalue weighted by Gasteiger charge is 2.25. The monoisotopic (exact) mass is 307 g/mol. The van der Waals surface area contributed by atoms with Crippen LogP contribution in [-0.2, 0) is 4.79 Å². The number of anilines is 1. The van der Waals surface area contributed by atoms with Crippen LogP contribution >= 0.6 is 11.3 Å².